The van der Waals surface area contributed by atoms with Crippen LogP contribution in [-0.4, -0.2) is 12.3 Å². The van der Waals surface area contributed by atoms with Gasteiger partial charge in [-0.3, -0.25) is 4.99 Å². The van der Waals surface area contributed by atoms with E-state index in [9.17, 15) is 0 Å². The zero-order valence-electron chi connectivity index (χ0n) is 5.07. The zero-order valence-corrected chi connectivity index (χ0v) is 5.07. The molecular weight excluding hydrogens is 86.1 g/mol. The van der Waals surface area contributed by atoms with Crippen molar-refractivity contribution < 1.29 is 0 Å². The van der Waals surface area contributed by atoms with Crippen molar-refractivity contribution in [3.8, 4) is 0 Å². The van der Waals surface area contributed by atoms with Gasteiger partial charge in [-0.15, -0.1) is 0 Å². The van der Waals surface area contributed by atoms with Gasteiger partial charge in [0.25, 0.3) is 0 Å². The first-order valence-electron chi connectivity index (χ1n) is 2.60. The molecule has 1 nitrogen and oxygen atoms in total. The molecule has 0 heterocycles. The average molecular weight is 98.2 g/mol. The molecule has 0 atom stereocenters. The Morgan fingerprint density at radius 1 is 1.71 bits per heavy atom. The van der Waals surface area contributed by atoms with Crippen LogP contribution in [0.5, 0.6) is 0 Å². The molecule has 0 aromatic carbocycles. The molecule has 41 valence electrons. The number of hydrogen-bond acceptors (Lipinski definition) is 1. The summed E-state index contributed by atoms with van der Waals surface area (Å²) < 4.78 is 0. The second-order valence-corrected chi connectivity index (χ2v) is 1.46. The van der Waals surface area contributed by atoms with Crippen LogP contribution in [0.3, 0.4) is 0 Å². The number of aliphatic imine (C=N–C) groups is 1. The molecule has 0 aliphatic carbocycles. The fourth-order valence-electron chi connectivity index (χ4n) is 0.349. The summed E-state index contributed by atoms with van der Waals surface area (Å²) in [5.41, 5.74) is 1.14. The molecule has 7 heavy (non-hydrogen) atoms. The van der Waals surface area contributed by atoms with Crippen LogP contribution in [0.15, 0.2) is 4.99 Å². The molecule has 0 spiro atoms. The van der Waals surface area contributed by atoms with Gasteiger partial charge in [0.05, 0.1) is 0 Å². The summed E-state index contributed by atoms with van der Waals surface area (Å²) in [5.74, 6) is 0. The highest BCUT2D eigenvalue weighted by molar-refractivity contribution is 5.82. The number of rotatable bonds is 2. The van der Waals surface area contributed by atoms with E-state index in [0.29, 0.717) is 0 Å². The fraction of sp³-hybridized carbons (Fsp3) is 0.667. The van der Waals surface area contributed by atoms with Gasteiger partial charge in [-0.25, -0.2) is 0 Å². The van der Waals surface area contributed by atoms with Gasteiger partial charge in [-0.05, 0) is 27.2 Å². The smallest absolute Gasteiger partial charge is 0.0360 e. The minimum absolute atomic E-state index is 0.841. The van der Waals surface area contributed by atoms with Gasteiger partial charge in [-0.2, -0.15) is 0 Å². The number of nitrogens with zero attached hydrogens (tertiary/aromatic N) is 1. The summed E-state index contributed by atoms with van der Waals surface area (Å²) in [6, 6.07) is 0. The van der Waals surface area contributed by atoms with Crippen molar-refractivity contribution in [2.75, 3.05) is 6.54 Å². The lowest BCUT2D eigenvalue weighted by Crippen LogP contribution is -1.86. The molecule has 0 unspecified atom stereocenters. The van der Waals surface area contributed by atoms with Gasteiger partial charge in [0.2, 0.25) is 0 Å². The second-order valence-electron chi connectivity index (χ2n) is 1.46. The molecule has 0 saturated carbocycles. The van der Waals surface area contributed by atoms with Gasteiger partial charge in [0.1, 0.15) is 0 Å². The fourth-order valence-corrected chi connectivity index (χ4v) is 0.349. The standard InChI is InChI=1S/C6H12N/c1-4-6(3)7-5-2/h1,4-5H2,2-3H3/b7-6-. The minimum atomic E-state index is 0.841. The van der Waals surface area contributed by atoms with Gasteiger partial charge in [0.15, 0.2) is 0 Å². The van der Waals surface area contributed by atoms with Gasteiger partial charge < -0.3 is 0 Å². The molecule has 1 radical (unpaired) electrons. The molecule has 0 fully saturated rings. The van der Waals surface area contributed by atoms with Crippen LogP contribution >= 0.6 is 0 Å². The third-order valence-corrected chi connectivity index (χ3v) is 0.790. The van der Waals surface area contributed by atoms with Crippen molar-refractivity contribution in [1.82, 2.24) is 0 Å². The molecule has 0 aliphatic rings. The highest BCUT2D eigenvalue weighted by Gasteiger charge is 1.78. The topological polar surface area (TPSA) is 12.4 Å². The Labute approximate surface area is 45.5 Å². The largest absolute Gasteiger partial charge is 0.295 e. The van der Waals surface area contributed by atoms with E-state index >= 15 is 0 Å². The Kier molecular flexibility index (Phi) is 3.67. The van der Waals surface area contributed by atoms with E-state index < -0.39 is 0 Å². The lowest BCUT2D eigenvalue weighted by atomic mass is 10.3. The lowest BCUT2D eigenvalue weighted by Gasteiger charge is -1.88. The summed E-state index contributed by atoms with van der Waals surface area (Å²) >= 11 is 0. The number of hydrogen-bond donors (Lipinski definition) is 0. The van der Waals surface area contributed by atoms with Gasteiger partial charge in [0, 0.05) is 12.3 Å². The van der Waals surface area contributed by atoms with E-state index in [0.717, 1.165) is 18.7 Å². The first-order chi connectivity index (χ1) is 3.31. The third-order valence-electron chi connectivity index (χ3n) is 0.790. The third kappa shape index (κ3) is 3.50. The van der Waals surface area contributed by atoms with Crippen molar-refractivity contribution >= 4 is 5.71 Å². The Morgan fingerprint density at radius 3 is 2.43 bits per heavy atom. The molecule has 0 N–H and O–H groups in total. The second kappa shape index (κ2) is 3.85. The molecule has 0 aliphatic heterocycles. The van der Waals surface area contributed by atoms with E-state index in [2.05, 4.69) is 11.9 Å². The van der Waals surface area contributed by atoms with Crippen LogP contribution in [0.2, 0.25) is 0 Å². The van der Waals surface area contributed by atoms with Crippen LogP contribution in [0.4, 0.5) is 0 Å². The maximum absolute atomic E-state index is 4.10. The van der Waals surface area contributed by atoms with Crippen LogP contribution in [0.25, 0.3) is 0 Å². The first-order valence-corrected chi connectivity index (χ1v) is 2.60. The van der Waals surface area contributed by atoms with Crippen molar-refractivity contribution in [2.24, 2.45) is 4.99 Å². The van der Waals surface area contributed by atoms with Crippen LogP contribution < -0.4 is 0 Å². The Balaban J connectivity index is 3.29. The molecule has 0 aromatic rings. The summed E-state index contributed by atoms with van der Waals surface area (Å²) in [6.45, 7) is 8.59. The van der Waals surface area contributed by atoms with Crippen LogP contribution in [0, 0.1) is 6.92 Å². The minimum Gasteiger partial charge on any atom is -0.295 e. The van der Waals surface area contributed by atoms with Crippen molar-refractivity contribution in [2.45, 2.75) is 20.3 Å². The molecule has 0 rings (SSSR count). The summed E-state index contributed by atoms with van der Waals surface area (Å²) in [7, 11) is 0. The van der Waals surface area contributed by atoms with Crippen molar-refractivity contribution in [1.29, 1.82) is 0 Å². The van der Waals surface area contributed by atoms with Crippen LogP contribution in [0.1, 0.15) is 20.3 Å². The maximum Gasteiger partial charge on any atom is 0.0360 e. The van der Waals surface area contributed by atoms with E-state index in [1.807, 2.05) is 13.8 Å². The van der Waals surface area contributed by atoms with E-state index in [4.69, 9.17) is 0 Å². The monoisotopic (exact) mass is 98.1 g/mol. The SMILES string of the molecule is [CH2]C/C(C)=N\CC. The Hall–Kier alpha value is -0.330. The highest BCUT2D eigenvalue weighted by atomic mass is 14.7. The Morgan fingerprint density at radius 2 is 2.29 bits per heavy atom. The van der Waals surface area contributed by atoms with Gasteiger partial charge >= 0.3 is 0 Å². The predicted octanol–water partition coefficient (Wildman–Crippen LogP) is 1.69. The molecule has 0 aromatic heterocycles. The summed E-state index contributed by atoms with van der Waals surface area (Å²) in [6.07, 6.45) is 0.841. The maximum atomic E-state index is 4.10. The van der Waals surface area contributed by atoms with E-state index in [1.54, 1.807) is 0 Å². The zero-order chi connectivity index (χ0) is 5.70. The molecular formula is C6H12N. The van der Waals surface area contributed by atoms with Crippen LogP contribution in [-0.2, 0) is 0 Å². The normalized spacial score (nSPS) is 12.1. The van der Waals surface area contributed by atoms with E-state index in [1.165, 1.54) is 0 Å². The van der Waals surface area contributed by atoms with Crippen molar-refractivity contribution in [3.05, 3.63) is 6.92 Å². The molecule has 0 bridgehead atoms. The first kappa shape index (κ1) is 6.67. The van der Waals surface area contributed by atoms with Crippen molar-refractivity contribution in [3.63, 3.8) is 0 Å². The van der Waals surface area contributed by atoms with E-state index in [-0.39, 0.29) is 0 Å². The van der Waals surface area contributed by atoms with Gasteiger partial charge in [-0.1, -0.05) is 0 Å². The summed E-state index contributed by atoms with van der Waals surface area (Å²) in [5, 5.41) is 0. The lowest BCUT2D eigenvalue weighted by molar-refractivity contribution is 1.11. The predicted molar refractivity (Wildman–Crippen MR) is 33.6 cm³/mol. The molecule has 0 saturated heterocycles. The quantitative estimate of drug-likeness (QED) is 0.466. The average Bonchev–Trinajstić information content (AvgIpc) is 1.68. The molecule has 1 heteroatoms. The Bertz CT molecular complexity index is 64.6. The highest BCUT2D eigenvalue weighted by Crippen LogP contribution is 1.81. The summed E-state index contributed by atoms with van der Waals surface area (Å²) in [4.78, 5) is 4.10. The molecule has 0 amide bonds.